The van der Waals surface area contributed by atoms with Crippen LogP contribution >= 0.6 is 22.9 Å². The van der Waals surface area contributed by atoms with E-state index in [0.717, 1.165) is 5.56 Å². The molecule has 0 saturated heterocycles. The fraction of sp³-hybridized carbons (Fsp3) is 0.333. The number of hydrogen-bond donors (Lipinski definition) is 2. The lowest BCUT2D eigenvalue weighted by molar-refractivity contribution is -0.138. The van der Waals surface area contributed by atoms with Crippen molar-refractivity contribution in [2.24, 2.45) is 0 Å². The average Bonchev–Trinajstić information content (AvgIpc) is 3.05. The van der Waals surface area contributed by atoms with E-state index in [1.165, 1.54) is 7.11 Å². The van der Waals surface area contributed by atoms with Crippen molar-refractivity contribution in [3.05, 3.63) is 27.7 Å². The SMILES string of the molecule is COc1cc(Cl)c(C)cc1NC(=O)CCC(=O)Nc1nnc(C(F)(F)F)s1. The molecule has 0 aliphatic heterocycles. The Morgan fingerprint density at radius 1 is 1.19 bits per heavy atom. The molecular formula is C15H14ClF3N4O3S. The number of carbonyl (C=O) groups excluding carboxylic acids is 2. The van der Waals surface area contributed by atoms with Gasteiger partial charge in [-0.05, 0) is 18.6 Å². The van der Waals surface area contributed by atoms with Crippen molar-refractivity contribution in [2.75, 3.05) is 17.7 Å². The molecule has 12 heteroatoms. The minimum Gasteiger partial charge on any atom is -0.495 e. The summed E-state index contributed by atoms with van der Waals surface area (Å²) in [5.41, 5.74) is 1.12. The van der Waals surface area contributed by atoms with Gasteiger partial charge >= 0.3 is 6.18 Å². The van der Waals surface area contributed by atoms with Gasteiger partial charge in [-0.25, -0.2) is 0 Å². The van der Waals surface area contributed by atoms with Crippen LogP contribution in [0.3, 0.4) is 0 Å². The molecule has 1 aromatic carbocycles. The van der Waals surface area contributed by atoms with Gasteiger partial charge < -0.3 is 15.4 Å². The standard InChI is InChI=1S/C15H14ClF3N4O3S/c1-7-5-9(10(26-2)6-8(7)16)20-11(24)3-4-12(25)21-14-23-22-13(27-14)15(17,18)19/h5-6H,3-4H2,1-2H3,(H,20,24)(H,21,23,25). The van der Waals surface area contributed by atoms with Crippen LogP contribution in [-0.4, -0.2) is 29.1 Å². The molecular weight excluding hydrogens is 409 g/mol. The Labute approximate surface area is 160 Å². The molecule has 1 aromatic heterocycles. The first-order valence-corrected chi connectivity index (χ1v) is 8.64. The zero-order valence-electron chi connectivity index (χ0n) is 14.1. The molecule has 2 aromatic rings. The quantitative estimate of drug-likeness (QED) is 0.736. The third-order valence-electron chi connectivity index (χ3n) is 3.25. The number of hydrogen-bond acceptors (Lipinski definition) is 6. The van der Waals surface area contributed by atoms with Crippen molar-refractivity contribution in [1.82, 2.24) is 10.2 Å². The number of anilines is 2. The van der Waals surface area contributed by atoms with Crippen LogP contribution in [0.5, 0.6) is 5.75 Å². The van der Waals surface area contributed by atoms with Gasteiger partial charge in [-0.3, -0.25) is 9.59 Å². The molecule has 2 rings (SSSR count). The van der Waals surface area contributed by atoms with Gasteiger partial charge in [0.2, 0.25) is 22.0 Å². The summed E-state index contributed by atoms with van der Waals surface area (Å²) in [6.45, 7) is 1.75. The Kier molecular flexibility index (Phi) is 6.60. The highest BCUT2D eigenvalue weighted by Gasteiger charge is 2.35. The monoisotopic (exact) mass is 422 g/mol. The Hall–Kier alpha value is -2.40. The van der Waals surface area contributed by atoms with Crippen molar-refractivity contribution in [3.8, 4) is 5.75 Å². The van der Waals surface area contributed by atoms with Crippen molar-refractivity contribution < 1.29 is 27.5 Å². The summed E-state index contributed by atoms with van der Waals surface area (Å²) in [6, 6.07) is 3.17. The maximum Gasteiger partial charge on any atom is 0.445 e. The second kappa shape index (κ2) is 8.53. The molecule has 0 spiro atoms. The largest absolute Gasteiger partial charge is 0.495 e. The molecule has 0 atom stereocenters. The molecule has 0 unspecified atom stereocenters. The van der Waals surface area contributed by atoms with E-state index in [2.05, 4.69) is 20.8 Å². The molecule has 1 heterocycles. The van der Waals surface area contributed by atoms with Crippen molar-refractivity contribution >= 4 is 45.6 Å². The van der Waals surface area contributed by atoms with Crippen molar-refractivity contribution in [3.63, 3.8) is 0 Å². The van der Waals surface area contributed by atoms with Crippen LogP contribution in [-0.2, 0) is 15.8 Å². The summed E-state index contributed by atoms with van der Waals surface area (Å²) in [6.07, 6.45) is -5.07. The molecule has 146 valence electrons. The van der Waals surface area contributed by atoms with Crippen LogP contribution in [0.2, 0.25) is 5.02 Å². The van der Waals surface area contributed by atoms with Crippen molar-refractivity contribution in [2.45, 2.75) is 25.9 Å². The molecule has 0 saturated carbocycles. The molecule has 0 radical (unpaired) electrons. The minimum atomic E-state index is -4.63. The second-order valence-corrected chi connectivity index (χ2v) is 6.69. The van der Waals surface area contributed by atoms with Gasteiger partial charge in [0.05, 0.1) is 12.8 Å². The zero-order valence-corrected chi connectivity index (χ0v) is 15.7. The minimum absolute atomic E-state index is 0.193. The highest BCUT2D eigenvalue weighted by molar-refractivity contribution is 7.15. The van der Waals surface area contributed by atoms with E-state index in [9.17, 15) is 22.8 Å². The van der Waals surface area contributed by atoms with Gasteiger partial charge in [-0.15, -0.1) is 10.2 Å². The smallest absolute Gasteiger partial charge is 0.445 e. The summed E-state index contributed by atoms with van der Waals surface area (Å²) < 4.78 is 42.4. The predicted molar refractivity (Wildman–Crippen MR) is 94.1 cm³/mol. The Bertz CT molecular complexity index is 857. The van der Waals surface area contributed by atoms with Crippen LogP contribution in [0.15, 0.2) is 12.1 Å². The van der Waals surface area contributed by atoms with Crippen LogP contribution in [0.4, 0.5) is 24.0 Å². The van der Waals surface area contributed by atoms with Crippen LogP contribution in [0.25, 0.3) is 0 Å². The average molecular weight is 423 g/mol. The number of ether oxygens (including phenoxy) is 1. The Morgan fingerprint density at radius 2 is 1.81 bits per heavy atom. The van der Waals surface area contributed by atoms with Crippen LogP contribution in [0.1, 0.15) is 23.4 Å². The molecule has 0 fully saturated rings. The van der Waals surface area contributed by atoms with Gasteiger partial charge in [0, 0.05) is 23.9 Å². The predicted octanol–water partition coefficient (Wildman–Crippen LogP) is 3.88. The van der Waals surface area contributed by atoms with E-state index in [-0.39, 0.29) is 29.3 Å². The third kappa shape index (κ3) is 5.79. The van der Waals surface area contributed by atoms with E-state index in [1.807, 2.05) is 0 Å². The van der Waals surface area contributed by atoms with Crippen molar-refractivity contribution in [1.29, 1.82) is 0 Å². The summed E-state index contributed by atoms with van der Waals surface area (Å²) in [5, 5.41) is 9.99. The maximum atomic E-state index is 12.4. The Morgan fingerprint density at radius 3 is 2.37 bits per heavy atom. The first-order chi connectivity index (χ1) is 12.6. The number of nitrogens with zero attached hydrogens (tertiary/aromatic N) is 2. The zero-order chi connectivity index (χ0) is 20.2. The Balaban J connectivity index is 1.89. The van der Waals surface area contributed by atoms with Gasteiger partial charge in [0.1, 0.15) is 5.75 Å². The van der Waals surface area contributed by atoms with E-state index < -0.39 is 23.0 Å². The molecule has 0 bridgehead atoms. The molecule has 2 N–H and O–H groups in total. The third-order valence-corrected chi connectivity index (χ3v) is 4.54. The lowest BCUT2D eigenvalue weighted by Crippen LogP contribution is -2.17. The lowest BCUT2D eigenvalue weighted by Gasteiger charge is -2.12. The summed E-state index contributed by atoms with van der Waals surface area (Å²) in [7, 11) is 1.42. The fourth-order valence-corrected chi connectivity index (χ4v) is 2.72. The number of methoxy groups -OCH3 is 1. The summed E-state index contributed by atoms with van der Waals surface area (Å²) >= 11 is 6.19. The number of carbonyl (C=O) groups is 2. The maximum absolute atomic E-state index is 12.4. The van der Waals surface area contributed by atoms with Gasteiger partial charge in [0.25, 0.3) is 0 Å². The summed E-state index contributed by atoms with van der Waals surface area (Å²) in [4.78, 5) is 23.8. The van der Waals surface area contributed by atoms with E-state index in [0.29, 0.717) is 16.5 Å². The van der Waals surface area contributed by atoms with Crippen LogP contribution < -0.4 is 15.4 Å². The number of aromatic nitrogens is 2. The normalized spacial score (nSPS) is 11.2. The van der Waals surface area contributed by atoms with E-state index >= 15 is 0 Å². The molecule has 7 nitrogen and oxygen atoms in total. The van der Waals surface area contributed by atoms with Crippen LogP contribution in [0, 0.1) is 6.92 Å². The highest BCUT2D eigenvalue weighted by Crippen LogP contribution is 2.33. The number of nitrogens with one attached hydrogen (secondary N) is 2. The molecule has 0 aliphatic rings. The number of rotatable bonds is 6. The lowest BCUT2D eigenvalue weighted by atomic mass is 10.2. The van der Waals surface area contributed by atoms with Gasteiger partial charge in [-0.2, -0.15) is 13.2 Å². The van der Waals surface area contributed by atoms with E-state index in [4.69, 9.17) is 16.3 Å². The number of halogens is 4. The van der Waals surface area contributed by atoms with Gasteiger partial charge in [-0.1, -0.05) is 22.9 Å². The number of aryl methyl sites for hydroxylation is 1. The molecule has 27 heavy (non-hydrogen) atoms. The summed E-state index contributed by atoms with van der Waals surface area (Å²) in [5.74, 6) is -0.773. The first-order valence-electron chi connectivity index (χ1n) is 7.44. The van der Waals surface area contributed by atoms with Gasteiger partial charge in [0.15, 0.2) is 0 Å². The molecule has 0 aliphatic carbocycles. The number of alkyl halides is 3. The van der Waals surface area contributed by atoms with E-state index in [1.54, 1.807) is 19.1 Å². The topological polar surface area (TPSA) is 93.2 Å². The fourth-order valence-electron chi connectivity index (χ4n) is 1.94. The second-order valence-electron chi connectivity index (χ2n) is 5.31. The highest BCUT2D eigenvalue weighted by atomic mass is 35.5. The number of amides is 2. The number of benzene rings is 1. The first kappa shape index (κ1) is 20.9. The molecule has 2 amide bonds.